The number of benzene rings is 2. The van der Waals surface area contributed by atoms with Gasteiger partial charge in [0.25, 0.3) is 0 Å². The summed E-state index contributed by atoms with van der Waals surface area (Å²) in [4.78, 5) is 23.0. The number of carbonyl (C=O) groups excluding carboxylic acids is 1. The van der Waals surface area contributed by atoms with Gasteiger partial charge in [-0.2, -0.15) is 0 Å². The Morgan fingerprint density at radius 3 is 2.24 bits per heavy atom. The quantitative estimate of drug-likeness (QED) is 0.468. The molecule has 1 aromatic heterocycles. The van der Waals surface area contributed by atoms with Gasteiger partial charge in [-0.3, -0.25) is 9.80 Å². The molecule has 0 unspecified atom stereocenters. The van der Waals surface area contributed by atoms with E-state index in [0.717, 1.165) is 55.7 Å². The zero-order chi connectivity index (χ0) is 23.9. The molecule has 4 rings (SSSR count). The standard InChI is InChI=1S/C28H36N4OS/c1-3-26-13-14-27(34-26)21-31-17-15-25(16-18-31)32(20-23-11-9-22(19-29)10-12-23)28(33)30(2)24-7-5-4-6-8-24/h4-14,25H,3,15-21,29H2,1-2H3. The van der Waals surface area contributed by atoms with Gasteiger partial charge in [0, 0.05) is 61.3 Å². The summed E-state index contributed by atoms with van der Waals surface area (Å²) < 4.78 is 0. The predicted octanol–water partition coefficient (Wildman–Crippen LogP) is 5.49. The van der Waals surface area contributed by atoms with E-state index in [1.807, 2.05) is 48.7 Å². The normalized spacial score (nSPS) is 14.8. The fraction of sp³-hybridized carbons (Fsp3) is 0.393. The molecule has 2 amide bonds. The van der Waals surface area contributed by atoms with E-state index in [-0.39, 0.29) is 12.1 Å². The number of urea groups is 1. The van der Waals surface area contributed by atoms with Gasteiger partial charge in [0.1, 0.15) is 0 Å². The van der Waals surface area contributed by atoms with Crippen molar-refractivity contribution in [2.45, 2.75) is 51.9 Å². The molecule has 180 valence electrons. The Hall–Kier alpha value is -2.67. The Morgan fingerprint density at radius 2 is 1.62 bits per heavy atom. The van der Waals surface area contributed by atoms with E-state index >= 15 is 0 Å². The van der Waals surface area contributed by atoms with Crippen LogP contribution in [0.2, 0.25) is 0 Å². The van der Waals surface area contributed by atoms with Crippen LogP contribution in [-0.4, -0.2) is 42.0 Å². The summed E-state index contributed by atoms with van der Waals surface area (Å²) in [6.07, 6.45) is 3.08. The van der Waals surface area contributed by atoms with E-state index in [1.165, 1.54) is 9.75 Å². The second-order valence-electron chi connectivity index (χ2n) is 9.05. The second-order valence-corrected chi connectivity index (χ2v) is 10.3. The van der Waals surface area contributed by atoms with Crippen LogP contribution in [0.5, 0.6) is 0 Å². The van der Waals surface area contributed by atoms with Crippen LogP contribution in [-0.2, 0) is 26.1 Å². The summed E-state index contributed by atoms with van der Waals surface area (Å²) >= 11 is 1.92. The van der Waals surface area contributed by atoms with Crippen LogP contribution >= 0.6 is 11.3 Å². The highest BCUT2D eigenvalue weighted by Crippen LogP contribution is 2.25. The molecule has 3 aromatic rings. The van der Waals surface area contributed by atoms with Gasteiger partial charge in [-0.25, -0.2) is 4.79 Å². The molecule has 1 saturated heterocycles. The highest BCUT2D eigenvalue weighted by Gasteiger charge is 2.30. The Labute approximate surface area is 207 Å². The van der Waals surface area contributed by atoms with E-state index in [0.29, 0.717) is 13.1 Å². The maximum absolute atomic E-state index is 13.7. The van der Waals surface area contributed by atoms with Crippen LogP contribution in [0.25, 0.3) is 0 Å². The average Bonchev–Trinajstić information content (AvgIpc) is 3.35. The minimum Gasteiger partial charge on any atom is -0.326 e. The van der Waals surface area contributed by atoms with Crippen molar-refractivity contribution in [3.63, 3.8) is 0 Å². The molecule has 1 aliphatic rings. The summed E-state index contributed by atoms with van der Waals surface area (Å²) in [5.74, 6) is 0. The SMILES string of the molecule is CCc1ccc(CN2CCC(N(Cc3ccc(CN)cc3)C(=O)N(C)c3ccccc3)CC2)s1. The van der Waals surface area contributed by atoms with Gasteiger partial charge in [0.15, 0.2) is 0 Å². The molecule has 6 heteroatoms. The first kappa shape index (κ1) is 24.5. The van der Waals surface area contributed by atoms with E-state index in [2.05, 4.69) is 53.1 Å². The van der Waals surface area contributed by atoms with Crippen LogP contribution in [0.1, 0.15) is 40.6 Å². The monoisotopic (exact) mass is 476 g/mol. The third-order valence-electron chi connectivity index (χ3n) is 6.73. The number of anilines is 1. The summed E-state index contributed by atoms with van der Waals surface area (Å²) in [6, 6.07) is 23.0. The molecule has 5 nitrogen and oxygen atoms in total. The molecule has 0 atom stereocenters. The van der Waals surface area contributed by atoms with E-state index in [1.54, 1.807) is 4.90 Å². The largest absolute Gasteiger partial charge is 0.326 e. The van der Waals surface area contributed by atoms with Crippen molar-refractivity contribution in [1.29, 1.82) is 0 Å². The zero-order valence-corrected chi connectivity index (χ0v) is 21.1. The lowest BCUT2D eigenvalue weighted by atomic mass is 10.0. The summed E-state index contributed by atoms with van der Waals surface area (Å²) in [6.45, 7) is 6.38. The Kier molecular flexibility index (Phi) is 8.38. The number of piperidine rings is 1. The summed E-state index contributed by atoms with van der Waals surface area (Å²) in [5.41, 5.74) is 8.93. The van der Waals surface area contributed by atoms with Crippen molar-refractivity contribution in [1.82, 2.24) is 9.80 Å². The first-order chi connectivity index (χ1) is 16.6. The maximum atomic E-state index is 13.7. The Morgan fingerprint density at radius 1 is 0.971 bits per heavy atom. The average molecular weight is 477 g/mol. The zero-order valence-electron chi connectivity index (χ0n) is 20.3. The topological polar surface area (TPSA) is 52.8 Å². The fourth-order valence-electron chi connectivity index (χ4n) is 4.59. The molecule has 34 heavy (non-hydrogen) atoms. The van der Waals surface area contributed by atoms with Gasteiger partial charge in [0.05, 0.1) is 0 Å². The molecule has 0 saturated carbocycles. The van der Waals surface area contributed by atoms with E-state index < -0.39 is 0 Å². The van der Waals surface area contributed by atoms with Crippen molar-refractivity contribution in [2.24, 2.45) is 5.73 Å². The second kappa shape index (κ2) is 11.6. The Bertz CT molecular complexity index is 1040. The molecule has 0 radical (unpaired) electrons. The van der Waals surface area contributed by atoms with Crippen molar-refractivity contribution in [3.05, 3.63) is 87.6 Å². The van der Waals surface area contributed by atoms with Crippen LogP contribution in [0.3, 0.4) is 0 Å². The molecule has 0 bridgehead atoms. The van der Waals surface area contributed by atoms with Gasteiger partial charge in [-0.05, 0) is 54.7 Å². The number of amides is 2. The lowest BCUT2D eigenvalue weighted by Gasteiger charge is -2.40. The fourth-order valence-corrected chi connectivity index (χ4v) is 5.59. The highest BCUT2D eigenvalue weighted by molar-refractivity contribution is 7.11. The number of carbonyl (C=O) groups is 1. The number of rotatable bonds is 8. The lowest BCUT2D eigenvalue weighted by molar-refractivity contribution is 0.117. The molecule has 1 fully saturated rings. The number of aryl methyl sites for hydroxylation is 1. The smallest absolute Gasteiger partial charge is 0.324 e. The first-order valence-electron chi connectivity index (χ1n) is 12.2. The highest BCUT2D eigenvalue weighted by atomic mass is 32.1. The minimum atomic E-state index is 0.0541. The summed E-state index contributed by atoms with van der Waals surface area (Å²) in [5, 5.41) is 0. The van der Waals surface area contributed by atoms with Crippen molar-refractivity contribution in [2.75, 3.05) is 25.0 Å². The molecular weight excluding hydrogens is 440 g/mol. The maximum Gasteiger partial charge on any atom is 0.324 e. The van der Waals surface area contributed by atoms with Gasteiger partial charge in [0.2, 0.25) is 0 Å². The van der Waals surface area contributed by atoms with Crippen molar-refractivity contribution < 1.29 is 4.79 Å². The summed E-state index contributed by atoms with van der Waals surface area (Å²) in [7, 11) is 1.87. The van der Waals surface area contributed by atoms with Crippen LogP contribution in [0.4, 0.5) is 10.5 Å². The number of nitrogens with two attached hydrogens (primary N) is 1. The number of hydrogen-bond acceptors (Lipinski definition) is 4. The van der Waals surface area contributed by atoms with Gasteiger partial charge >= 0.3 is 6.03 Å². The van der Waals surface area contributed by atoms with Crippen LogP contribution in [0.15, 0.2) is 66.7 Å². The molecule has 0 aliphatic carbocycles. The van der Waals surface area contributed by atoms with Gasteiger partial charge in [-0.15, -0.1) is 11.3 Å². The molecule has 1 aliphatic heterocycles. The molecule has 2 heterocycles. The predicted molar refractivity (Wildman–Crippen MR) is 142 cm³/mol. The van der Waals surface area contributed by atoms with Crippen molar-refractivity contribution >= 4 is 23.1 Å². The van der Waals surface area contributed by atoms with E-state index in [9.17, 15) is 4.79 Å². The minimum absolute atomic E-state index is 0.0541. The number of hydrogen-bond donors (Lipinski definition) is 1. The molecule has 2 N–H and O–H groups in total. The third kappa shape index (κ3) is 6.06. The van der Waals surface area contributed by atoms with E-state index in [4.69, 9.17) is 5.73 Å². The number of thiophene rings is 1. The number of nitrogens with zero attached hydrogens (tertiary/aromatic N) is 3. The lowest BCUT2D eigenvalue weighted by Crippen LogP contribution is -2.50. The molecular formula is C28H36N4OS. The van der Waals surface area contributed by atoms with Crippen molar-refractivity contribution in [3.8, 4) is 0 Å². The Balaban J connectivity index is 1.46. The number of likely N-dealkylation sites (tertiary alicyclic amines) is 1. The molecule has 0 spiro atoms. The first-order valence-corrected chi connectivity index (χ1v) is 13.1. The number of para-hydroxylation sites is 1. The molecule has 2 aromatic carbocycles. The van der Waals surface area contributed by atoms with Gasteiger partial charge < -0.3 is 10.6 Å². The van der Waals surface area contributed by atoms with Crippen LogP contribution in [0, 0.1) is 0 Å². The van der Waals surface area contributed by atoms with Crippen LogP contribution < -0.4 is 10.6 Å². The third-order valence-corrected chi connectivity index (χ3v) is 7.95. The van der Waals surface area contributed by atoms with Gasteiger partial charge in [-0.1, -0.05) is 49.4 Å².